The van der Waals surface area contributed by atoms with Crippen LogP contribution >= 0.6 is 11.6 Å². The Morgan fingerprint density at radius 1 is 1.33 bits per heavy atom. The molecule has 1 aliphatic carbocycles. The maximum atomic E-state index is 9.57. The van der Waals surface area contributed by atoms with E-state index in [1.807, 2.05) is 18.2 Å². The maximum Gasteiger partial charge on any atom is 0.0762 e. The molecule has 0 radical (unpaired) electrons. The van der Waals surface area contributed by atoms with Gasteiger partial charge in [0.15, 0.2) is 0 Å². The minimum absolute atomic E-state index is 0.445. The summed E-state index contributed by atoms with van der Waals surface area (Å²) < 4.78 is 0. The summed E-state index contributed by atoms with van der Waals surface area (Å²) in [7, 11) is 0. The minimum atomic E-state index is -0.465. The Kier molecular flexibility index (Phi) is 4.18. The van der Waals surface area contributed by atoms with Crippen molar-refractivity contribution in [2.45, 2.75) is 45.8 Å². The number of nitrogens with zero attached hydrogens (tertiary/aromatic N) is 1. The second-order valence-electron chi connectivity index (χ2n) is 5.58. The van der Waals surface area contributed by atoms with Crippen molar-refractivity contribution in [3.8, 4) is 0 Å². The summed E-state index contributed by atoms with van der Waals surface area (Å²) in [5, 5.41) is 10.3. The highest BCUT2D eigenvalue weighted by Gasteiger charge is 2.26. The Bertz CT molecular complexity index is 413. The first-order valence-electron chi connectivity index (χ1n) is 6.73. The lowest BCUT2D eigenvalue weighted by atomic mass is 10.1. The van der Waals surface area contributed by atoms with Gasteiger partial charge in [0.1, 0.15) is 0 Å². The van der Waals surface area contributed by atoms with E-state index in [1.165, 1.54) is 12.8 Å². The molecule has 0 bridgehead atoms. The molecule has 0 amide bonds. The number of anilines is 1. The van der Waals surface area contributed by atoms with Crippen molar-refractivity contribution in [2.24, 2.45) is 5.92 Å². The van der Waals surface area contributed by atoms with Crippen LogP contribution in [0.25, 0.3) is 0 Å². The van der Waals surface area contributed by atoms with Gasteiger partial charge in [0.05, 0.1) is 16.8 Å². The molecule has 0 saturated heterocycles. The first-order chi connectivity index (χ1) is 8.49. The molecule has 0 spiro atoms. The Labute approximate surface area is 115 Å². The highest BCUT2D eigenvalue weighted by Crippen LogP contribution is 2.35. The summed E-state index contributed by atoms with van der Waals surface area (Å²) in [6.45, 7) is 7.24. The zero-order valence-corrected chi connectivity index (χ0v) is 12.1. The van der Waals surface area contributed by atoms with Crippen LogP contribution < -0.4 is 4.90 Å². The van der Waals surface area contributed by atoms with Crippen molar-refractivity contribution in [1.82, 2.24) is 0 Å². The Hall–Kier alpha value is -0.730. The van der Waals surface area contributed by atoms with E-state index in [2.05, 4.69) is 18.7 Å². The van der Waals surface area contributed by atoms with Gasteiger partial charge in [-0.15, -0.1) is 0 Å². The first-order valence-corrected chi connectivity index (χ1v) is 7.11. The monoisotopic (exact) mass is 267 g/mol. The summed E-state index contributed by atoms with van der Waals surface area (Å²) in [5.74, 6) is 0.833. The molecule has 18 heavy (non-hydrogen) atoms. The van der Waals surface area contributed by atoms with Crippen LogP contribution in [0.5, 0.6) is 0 Å². The number of halogens is 1. The molecule has 1 N–H and O–H groups in total. The van der Waals surface area contributed by atoms with Crippen molar-refractivity contribution < 1.29 is 5.11 Å². The van der Waals surface area contributed by atoms with Gasteiger partial charge in [0, 0.05) is 12.6 Å². The third kappa shape index (κ3) is 3.18. The summed E-state index contributed by atoms with van der Waals surface area (Å²) in [6.07, 6.45) is 2.21. The lowest BCUT2D eigenvalue weighted by Crippen LogP contribution is -2.33. The fourth-order valence-electron chi connectivity index (χ4n) is 2.18. The van der Waals surface area contributed by atoms with E-state index < -0.39 is 6.10 Å². The zero-order chi connectivity index (χ0) is 13.3. The summed E-state index contributed by atoms with van der Waals surface area (Å²) in [4.78, 5) is 2.37. The molecule has 1 atom stereocenters. The zero-order valence-electron chi connectivity index (χ0n) is 11.4. The van der Waals surface area contributed by atoms with Crippen LogP contribution in [0.2, 0.25) is 5.02 Å². The van der Waals surface area contributed by atoms with Crippen LogP contribution in [-0.2, 0) is 0 Å². The van der Waals surface area contributed by atoms with Gasteiger partial charge in [-0.1, -0.05) is 17.7 Å². The molecule has 0 heterocycles. The van der Waals surface area contributed by atoms with Crippen LogP contribution in [0, 0.1) is 5.92 Å². The van der Waals surface area contributed by atoms with E-state index in [4.69, 9.17) is 11.6 Å². The first kappa shape index (κ1) is 13.7. The van der Waals surface area contributed by atoms with Gasteiger partial charge in [-0.2, -0.15) is 0 Å². The van der Waals surface area contributed by atoms with Gasteiger partial charge < -0.3 is 10.0 Å². The molecule has 2 rings (SSSR count). The summed E-state index contributed by atoms with van der Waals surface area (Å²) in [5.41, 5.74) is 1.96. The van der Waals surface area contributed by atoms with E-state index in [-0.39, 0.29) is 0 Å². The summed E-state index contributed by atoms with van der Waals surface area (Å²) >= 11 is 6.36. The van der Waals surface area contributed by atoms with Crippen molar-refractivity contribution in [3.05, 3.63) is 28.8 Å². The standard InChI is InChI=1S/C15H22ClNO/c1-10(2)17(9-12-4-5-12)15-7-6-13(11(3)18)8-14(15)16/h6-8,10-12,18H,4-5,9H2,1-3H3/t11-/m1/s1. The van der Waals surface area contributed by atoms with E-state index in [1.54, 1.807) is 6.92 Å². The molecular weight excluding hydrogens is 246 g/mol. The SMILES string of the molecule is CC(C)N(CC1CC1)c1ccc([C@@H](C)O)cc1Cl. The Balaban J connectivity index is 2.23. The van der Waals surface area contributed by atoms with E-state index in [0.29, 0.717) is 6.04 Å². The fraction of sp³-hybridized carbons (Fsp3) is 0.600. The number of aliphatic hydroxyl groups is 1. The van der Waals surface area contributed by atoms with Crippen LogP contribution in [0.4, 0.5) is 5.69 Å². The van der Waals surface area contributed by atoms with Gasteiger partial charge in [-0.3, -0.25) is 0 Å². The fourth-order valence-corrected chi connectivity index (χ4v) is 2.48. The number of benzene rings is 1. The molecule has 0 unspecified atom stereocenters. The number of hydrogen-bond acceptors (Lipinski definition) is 2. The second-order valence-corrected chi connectivity index (χ2v) is 5.98. The van der Waals surface area contributed by atoms with Crippen LogP contribution in [0.15, 0.2) is 18.2 Å². The highest BCUT2D eigenvalue weighted by molar-refractivity contribution is 6.33. The number of aliphatic hydroxyl groups excluding tert-OH is 1. The third-order valence-electron chi connectivity index (χ3n) is 3.54. The van der Waals surface area contributed by atoms with Crippen molar-refractivity contribution >= 4 is 17.3 Å². The molecule has 1 aromatic rings. The molecule has 1 aliphatic rings. The molecule has 2 nitrogen and oxygen atoms in total. The average molecular weight is 268 g/mol. The van der Waals surface area contributed by atoms with Crippen LogP contribution in [-0.4, -0.2) is 17.7 Å². The van der Waals surface area contributed by atoms with E-state index in [9.17, 15) is 5.11 Å². The van der Waals surface area contributed by atoms with Gasteiger partial charge in [0.25, 0.3) is 0 Å². The molecule has 1 aromatic carbocycles. The molecule has 0 aliphatic heterocycles. The largest absolute Gasteiger partial charge is 0.389 e. The molecule has 1 saturated carbocycles. The lowest BCUT2D eigenvalue weighted by molar-refractivity contribution is 0.199. The van der Waals surface area contributed by atoms with Crippen LogP contribution in [0.3, 0.4) is 0 Å². The molecule has 3 heteroatoms. The lowest BCUT2D eigenvalue weighted by Gasteiger charge is -2.30. The summed E-state index contributed by atoms with van der Waals surface area (Å²) in [6, 6.07) is 6.32. The van der Waals surface area contributed by atoms with E-state index in [0.717, 1.165) is 28.7 Å². The smallest absolute Gasteiger partial charge is 0.0762 e. The normalized spacial score (nSPS) is 17.0. The van der Waals surface area contributed by atoms with Gasteiger partial charge >= 0.3 is 0 Å². The van der Waals surface area contributed by atoms with Gasteiger partial charge in [-0.25, -0.2) is 0 Å². The maximum absolute atomic E-state index is 9.57. The van der Waals surface area contributed by atoms with Gasteiger partial charge in [0.2, 0.25) is 0 Å². The molecular formula is C15H22ClNO. The molecule has 1 fully saturated rings. The molecule has 100 valence electrons. The van der Waals surface area contributed by atoms with Crippen LogP contribution in [0.1, 0.15) is 45.3 Å². The van der Waals surface area contributed by atoms with Crippen molar-refractivity contribution in [2.75, 3.05) is 11.4 Å². The Morgan fingerprint density at radius 2 is 2.00 bits per heavy atom. The predicted molar refractivity (Wildman–Crippen MR) is 77.3 cm³/mol. The molecule has 0 aromatic heterocycles. The van der Waals surface area contributed by atoms with Crippen molar-refractivity contribution in [3.63, 3.8) is 0 Å². The minimum Gasteiger partial charge on any atom is -0.389 e. The highest BCUT2D eigenvalue weighted by atomic mass is 35.5. The van der Waals surface area contributed by atoms with Gasteiger partial charge in [-0.05, 0) is 57.2 Å². The number of hydrogen-bond donors (Lipinski definition) is 1. The Morgan fingerprint density at radius 3 is 2.44 bits per heavy atom. The predicted octanol–water partition coefficient (Wildman–Crippen LogP) is 4.02. The second kappa shape index (κ2) is 5.50. The third-order valence-corrected chi connectivity index (χ3v) is 3.84. The topological polar surface area (TPSA) is 23.5 Å². The van der Waals surface area contributed by atoms with E-state index >= 15 is 0 Å². The average Bonchev–Trinajstić information content (AvgIpc) is 3.09. The number of rotatable bonds is 5. The van der Waals surface area contributed by atoms with Crippen molar-refractivity contribution in [1.29, 1.82) is 0 Å². The quantitative estimate of drug-likeness (QED) is 0.871.